The molecule has 1 aromatic rings. The second-order valence-electron chi connectivity index (χ2n) is 3.93. The summed E-state index contributed by atoms with van der Waals surface area (Å²) in [6, 6.07) is 6.27. The average Bonchev–Trinajstić information content (AvgIpc) is 2.67. The summed E-state index contributed by atoms with van der Waals surface area (Å²) in [6.07, 6.45) is -0.0556. The molecule has 1 unspecified atom stereocenters. The summed E-state index contributed by atoms with van der Waals surface area (Å²) in [5, 5.41) is 0. The van der Waals surface area contributed by atoms with Crippen molar-refractivity contribution in [1.82, 2.24) is 0 Å². The summed E-state index contributed by atoms with van der Waals surface area (Å²) < 4.78 is 11.0. The fourth-order valence-electron chi connectivity index (χ4n) is 1.59. The molecule has 4 nitrogen and oxygen atoms in total. The Labute approximate surface area is 95.1 Å². The minimum absolute atomic E-state index is 0.0556. The minimum Gasteiger partial charge on any atom is -0.489 e. The van der Waals surface area contributed by atoms with Gasteiger partial charge in [0, 0.05) is 0 Å². The van der Waals surface area contributed by atoms with E-state index in [1.165, 1.54) is 5.56 Å². The van der Waals surface area contributed by atoms with E-state index >= 15 is 0 Å². The van der Waals surface area contributed by atoms with E-state index in [2.05, 4.69) is 18.0 Å². The van der Waals surface area contributed by atoms with Crippen LogP contribution in [-0.4, -0.2) is 25.3 Å². The molecule has 1 aliphatic rings. The summed E-state index contributed by atoms with van der Waals surface area (Å²) in [5.74, 6) is 0.897. The van der Waals surface area contributed by atoms with E-state index in [4.69, 9.17) is 15.2 Å². The molecule has 86 valence electrons. The van der Waals surface area contributed by atoms with E-state index in [-0.39, 0.29) is 12.1 Å². The molecular formula is C12H16N2O2. The number of hydrogen-bond donors (Lipinski definition) is 1. The van der Waals surface area contributed by atoms with Crippen molar-refractivity contribution in [2.45, 2.75) is 20.0 Å². The van der Waals surface area contributed by atoms with Gasteiger partial charge < -0.3 is 15.2 Å². The Kier molecular flexibility index (Phi) is 2.99. The second-order valence-corrected chi connectivity index (χ2v) is 3.93. The van der Waals surface area contributed by atoms with E-state index < -0.39 is 0 Å². The quantitative estimate of drug-likeness (QED) is 0.837. The van der Waals surface area contributed by atoms with Crippen LogP contribution in [0, 0.1) is 13.8 Å². The third-order valence-corrected chi connectivity index (χ3v) is 2.72. The van der Waals surface area contributed by atoms with E-state index in [1.54, 1.807) is 0 Å². The van der Waals surface area contributed by atoms with Crippen LogP contribution in [0.1, 0.15) is 11.1 Å². The number of rotatable bonds is 3. The number of amidine groups is 1. The number of hydrogen-bond acceptors (Lipinski definition) is 4. The van der Waals surface area contributed by atoms with E-state index in [0.29, 0.717) is 13.2 Å². The van der Waals surface area contributed by atoms with Gasteiger partial charge in [0.2, 0.25) is 0 Å². The number of nitrogens with zero attached hydrogens (tertiary/aromatic N) is 1. The van der Waals surface area contributed by atoms with Crippen molar-refractivity contribution < 1.29 is 9.47 Å². The number of nitrogens with two attached hydrogens (primary N) is 1. The van der Waals surface area contributed by atoms with Gasteiger partial charge in [0.15, 0.2) is 6.10 Å². The molecule has 0 spiro atoms. The summed E-state index contributed by atoms with van der Waals surface area (Å²) in [5.41, 5.74) is 7.80. The lowest BCUT2D eigenvalue weighted by Gasteiger charge is -2.14. The van der Waals surface area contributed by atoms with Gasteiger partial charge in [-0.15, -0.1) is 0 Å². The maximum Gasteiger partial charge on any atom is 0.282 e. The Morgan fingerprint density at radius 2 is 2.31 bits per heavy atom. The summed E-state index contributed by atoms with van der Waals surface area (Å²) in [4.78, 5) is 3.96. The molecule has 0 saturated heterocycles. The molecule has 1 atom stereocenters. The van der Waals surface area contributed by atoms with Crippen LogP contribution in [0.4, 0.5) is 0 Å². The van der Waals surface area contributed by atoms with E-state index in [9.17, 15) is 0 Å². The highest BCUT2D eigenvalue weighted by Gasteiger charge is 2.18. The minimum atomic E-state index is -0.0556. The highest BCUT2D eigenvalue weighted by Crippen LogP contribution is 2.21. The van der Waals surface area contributed by atoms with Gasteiger partial charge in [-0.3, -0.25) is 0 Å². The number of ether oxygens (including phenoxy) is 2. The summed E-state index contributed by atoms with van der Waals surface area (Å²) in [7, 11) is 0. The molecule has 0 saturated carbocycles. The maximum atomic E-state index is 5.70. The molecule has 0 aliphatic carbocycles. The molecule has 0 radical (unpaired) electrons. The molecule has 4 heteroatoms. The third kappa shape index (κ3) is 2.27. The highest BCUT2D eigenvalue weighted by molar-refractivity contribution is 5.73. The first-order valence-electron chi connectivity index (χ1n) is 5.32. The Morgan fingerprint density at radius 3 is 3.00 bits per heavy atom. The van der Waals surface area contributed by atoms with Crippen LogP contribution < -0.4 is 10.5 Å². The Hall–Kier alpha value is -1.71. The molecule has 1 aliphatic heterocycles. The summed E-state index contributed by atoms with van der Waals surface area (Å²) in [6.45, 7) is 5.17. The third-order valence-electron chi connectivity index (χ3n) is 2.72. The largest absolute Gasteiger partial charge is 0.489 e. The van der Waals surface area contributed by atoms with Crippen molar-refractivity contribution >= 4 is 6.02 Å². The van der Waals surface area contributed by atoms with Gasteiger partial charge in [0.05, 0.1) is 6.54 Å². The van der Waals surface area contributed by atoms with Crippen molar-refractivity contribution in [3.05, 3.63) is 29.3 Å². The van der Waals surface area contributed by atoms with Gasteiger partial charge in [-0.2, -0.15) is 0 Å². The molecule has 16 heavy (non-hydrogen) atoms. The fourth-order valence-corrected chi connectivity index (χ4v) is 1.59. The Balaban J connectivity index is 1.93. The molecular weight excluding hydrogens is 204 g/mol. The summed E-state index contributed by atoms with van der Waals surface area (Å²) >= 11 is 0. The van der Waals surface area contributed by atoms with Crippen LogP contribution in [0.3, 0.4) is 0 Å². The first-order valence-corrected chi connectivity index (χ1v) is 5.32. The van der Waals surface area contributed by atoms with Crippen molar-refractivity contribution in [2.24, 2.45) is 10.7 Å². The van der Waals surface area contributed by atoms with Gasteiger partial charge in [0.25, 0.3) is 6.02 Å². The van der Waals surface area contributed by atoms with Crippen LogP contribution in [0.2, 0.25) is 0 Å². The smallest absolute Gasteiger partial charge is 0.282 e. The number of aryl methyl sites for hydroxylation is 1. The second kappa shape index (κ2) is 4.43. The number of aliphatic imine (C=N–C) groups is 1. The lowest BCUT2D eigenvalue weighted by atomic mass is 10.1. The van der Waals surface area contributed by atoms with Gasteiger partial charge >= 0.3 is 0 Å². The van der Waals surface area contributed by atoms with Gasteiger partial charge in [0.1, 0.15) is 12.4 Å². The van der Waals surface area contributed by atoms with Crippen LogP contribution in [-0.2, 0) is 4.74 Å². The molecule has 0 fully saturated rings. The van der Waals surface area contributed by atoms with Crippen LogP contribution in [0.25, 0.3) is 0 Å². The highest BCUT2D eigenvalue weighted by atomic mass is 16.5. The SMILES string of the molecule is Cc1cccc(OCC2CN=C(N)O2)c1C. The molecule has 0 aromatic heterocycles. The number of benzene rings is 1. The molecule has 0 bridgehead atoms. The van der Waals surface area contributed by atoms with Crippen LogP contribution in [0.15, 0.2) is 23.2 Å². The van der Waals surface area contributed by atoms with Crippen LogP contribution >= 0.6 is 0 Å². The molecule has 1 aromatic carbocycles. The fraction of sp³-hybridized carbons (Fsp3) is 0.417. The van der Waals surface area contributed by atoms with E-state index in [1.807, 2.05) is 19.1 Å². The Morgan fingerprint density at radius 1 is 1.50 bits per heavy atom. The zero-order chi connectivity index (χ0) is 11.5. The maximum absolute atomic E-state index is 5.70. The van der Waals surface area contributed by atoms with Crippen molar-refractivity contribution in [3.63, 3.8) is 0 Å². The molecule has 1 heterocycles. The van der Waals surface area contributed by atoms with E-state index in [0.717, 1.165) is 11.3 Å². The predicted molar refractivity (Wildman–Crippen MR) is 62.8 cm³/mol. The van der Waals surface area contributed by atoms with Crippen molar-refractivity contribution in [3.8, 4) is 5.75 Å². The zero-order valence-corrected chi connectivity index (χ0v) is 9.56. The molecule has 0 amide bonds. The van der Waals surface area contributed by atoms with Gasteiger partial charge in [-0.05, 0) is 31.0 Å². The predicted octanol–water partition coefficient (Wildman–Crippen LogP) is 1.40. The van der Waals surface area contributed by atoms with Gasteiger partial charge in [-0.1, -0.05) is 12.1 Å². The first kappa shape index (κ1) is 10.8. The first-order chi connectivity index (χ1) is 7.66. The zero-order valence-electron chi connectivity index (χ0n) is 9.56. The standard InChI is InChI=1S/C12H16N2O2/c1-8-4-3-5-11(9(8)2)15-7-10-6-14-12(13)16-10/h3-5,10H,6-7H2,1-2H3,(H2,13,14). The molecule has 2 N–H and O–H groups in total. The van der Waals surface area contributed by atoms with Crippen LogP contribution in [0.5, 0.6) is 5.75 Å². The lowest BCUT2D eigenvalue weighted by molar-refractivity contribution is 0.141. The van der Waals surface area contributed by atoms with Crippen molar-refractivity contribution in [1.29, 1.82) is 0 Å². The van der Waals surface area contributed by atoms with Crippen molar-refractivity contribution in [2.75, 3.05) is 13.2 Å². The lowest BCUT2D eigenvalue weighted by Crippen LogP contribution is -2.24. The topological polar surface area (TPSA) is 56.8 Å². The normalized spacial score (nSPS) is 19.1. The average molecular weight is 220 g/mol. The molecule has 2 rings (SSSR count). The monoisotopic (exact) mass is 220 g/mol. The van der Waals surface area contributed by atoms with Gasteiger partial charge in [-0.25, -0.2) is 4.99 Å². The Bertz CT molecular complexity index is 415.